The summed E-state index contributed by atoms with van der Waals surface area (Å²) in [5.41, 5.74) is 2.28. The van der Waals surface area contributed by atoms with Crippen molar-refractivity contribution in [3.05, 3.63) is 77.2 Å². The maximum atomic E-state index is 13.5. The number of halogens is 1. The number of ether oxygens (including phenoxy) is 1. The number of rotatable bonds is 10. The number of carbonyl (C=O) groups is 2. The lowest BCUT2D eigenvalue weighted by molar-refractivity contribution is -0.137. The third kappa shape index (κ3) is 5.39. The van der Waals surface area contributed by atoms with Crippen molar-refractivity contribution < 1.29 is 18.7 Å². The number of nitrogens with zero attached hydrogens (tertiary/aromatic N) is 2. The summed E-state index contributed by atoms with van der Waals surface area (Å²) in [6, 6.07) is 15.5. The Bertz CT molecular complexity index is 939. The van der Waals surface area contributed by atoms with Crippen LogP contribution in [0, 0.1) is 5.82 Å². The second-order valence-electron chi connectivity index (χ2n) is 7.77. The van der Waals surface area contributed by atoms with E-state index in [4.69, 9.17) is 4.74 Å². The van der Waals surface area contributed by atoms with E-state index in [0.717, 1.165) is 5.56 Å². The van der Waals surface area contributed by atoms with Gasteiger partial charge in [0, 0.05) is 26.2 Å². The predicted molar refractivity (Wildman–Crippen MR) is 118 cm³/mol. The van der Waals surface area contributed by atoms with Crippen molar-refractivity contribution in [2.75, 3.05) is 19.7 Å². The number of hydrogen-bond acceptors (Lipinski definition) is 4. The van der Waals surface area contributed by atoms with Crippen LogP contribution in [0.25, 0.3) is 5.57 Å². The monoisotopic (exact) mass is 424 g/mol. The van der Waals surface area contributed by atoms with Crippen LogP contribution in [0.2, 0.25) is 0 Å². The van der Waals surface area contributed by atoms with Crippen LogP contribution in [-0.2, 0) is 20.9 Å². The summed E-state index contributed by atoms with van der Waals surface area (Å²) in [5.74, 6) is -1.05. The first-order valence-corrected chi connectivity index (χ1v) is 10.7. The molecular formula is C25H29FN2O3. The van der Waals surface area contributed by atoms with Gasteiger partial charge in [0.1, 0.15) is 11.5 Å². The molecule has 3 rings (SSSR count). The van der Waals surface area contributed by atoms with Gasteiger partial charge < -0.3 is 9.64 Å². The molecule has 0 aliphatic carbocycles. The van der Waals surface area contributed by atoms with Gasteiger partial charge in [-0.1, -0.05) is 42.5 Å². The summed E-state index contributed by atoms with van der Waals surface area (Å²) in [6.45, 7) is 7.65. The molecule has 2 aromatic rings. The normalized spacial score (nSPS) is 14.2. The topological polar surface area (TPSA) is 49.9 Å². The second-order valence-corrected chi connectivity index (χ2v) is 7.77. The van der Waals surface area contributed by atoms with Crippen LogP contribution in [0.15, 0.2) is 60.3 Å². The van der Waals surface area contributed by atoms with Crippen molar-refractivity contribution >= 4 is 17.4 Å². The zero-order valence-electron chi connectivity index (χ0n) is 18.3. The van der Waals surface area contributed by atoms with Crippen molar-refractivity contribution in [1.29, 1.82) is 0 Å². The summed E-state index contributed by atoms with van der Waals surface area (Å²) in [6.07, 6.45) is 0.652. The van der Waals surface area contributed by atoms with Gasteiger partial charge in [-0.05, 0) is 50.5 Å². The van der Waals surface area contributed by atoms with E-state index in [0.29, 0.717) is 43.0 Å². The summed E-state index contributed by atoms with van der Waals surface area (Å²) in [5, 5.41) is 0. The molecule has 1 aliphatic heterocycles. The largest absolute Gasteiger partial charge is 0.379 e. The van der Waals surface area contributed by atoms with E-state index in [2.05, 4.69) is 0 Å². The van der Waals surface area contributed by atoms with Crippen molar-refractivity contribution in [3.8, 4) is 0 Å². The molecule has 0 bridgehead atoms. The highest BCUT2D eigenvalue weighted by Gasteiger charge is 2.40. The standard InChI is InChI=1S/C25H29FN2O3/c1-4-27(17-19-9-6-5-7-10-19)23-22(20-11-13-21(26)14-12-20)24(29)28(25(23)30)15-8-16-31-18(2)3/h5-7,9-14,18H,4,8,15-17H2,1-3H3. The fourth-order valence-corrected chi connectivity index (χ4v) is 3.63. The zero-order valence-corrected chi connectivity index (χ0v) is 18.3. The fourth-order valence-electron chi connectivity index (χ4n) is 3.63. The van der Waals surface area contributed by atoms with Crippen molar-refractivity contribution in [2.24, 2.45) is 0 Å². The molecule has 5 nitrogen and oxygen atoms in total. The molecule has 164 valence electrons. The molecule has 0 radical (unpaired) electrons. The molecule has 0 N–H and O–H groups in total. The van der Waals surface area contributed by atoms with Gasteiger partial charge in [-0.15, -0.1) is 0 Å². The van der Waals surface area contributed by atoms with Crippen LogP contribution in [0.4, 0.5) is 4.39 Å². The van der Waals surface area contributed by atoms with E-state index in [1.165, 1.54) is 17.0 Å². The van der Waals surface area contributed by atoms with Gasteiger partial charge in [-0.3, -0.25) is 14.5 Å². The van der Waals surface area contributed by atoms with Gasteiger partial charge in [-0.25, -0.2) is 4.39 Å². The van der Waals surface area contributed by atoms with E-state index < -0.39 is 0 Å². The Morgan fingerprint density at radius 2 is 1.68 bits per heavy atom. The number of amides is 2. The van der Waals surface area contributed by atoms with E-state index in [9.17, 15) is 14.0 Å². The predicted octanol–water partition coefficient (Wildman–Crippen LogP) is 4.24. The van der Waals surface area contributed by atoms with Crippen LogP contribution in [-0.4, -0.2) is 47.4 Å². The zero-order chi connectivity index (χ0) is 22.4. The quantitative estimate of drug-likeness (QED) is 0.423. The van der Waals surface area contributed by atoms with Crippen LogP contribution >= 0.6 is 0 Å². The molecule has 6 heteroatoms. The third-order valence-electron chi connectivity index (χ3n) is 5.17. The van der Waals surface area contributed by atoms with Crippen LogP contribution in [0.5, 0.6) is 0 Å². The molecule has 0 atom stereocenters. The lowest BCUT2D eigenvalue weighted by Crippen LogP contribution is -2.36. The van der Waals surface area contributed by atoms with Gasteiger partial charge in [0.25, 0.3) is 11.8 Å². The molecule has 0 saturated carbocycles. The van der Waals surface area contributed by atoms with E-state index >= 15 is 0 Å². The van der Waals surface area contributed by atoms with Crippen molar-refractivity contribution in [2.45, 2.75) is 39.8 Å². The Labute approximate surface area is 183 Å². The van der Waals surface area contributed by atoms with Crippen molar-refractivity contribution in [1.82, 2.24) is 9.80 Å². The summed E-state index contributed by atoms with van der Waals surface area (Å²) < 4.78 is 19.1. The molecule has 0 unspecified atom stereocenters. The maximum absolute atomic E-state index is 13.5. The Kier molecular flexibility index (Phi) is 7.58. The maximum Gasteiger partial charge on any atom is 0.277 e. The van der Waals surface area contributed by atoms with Crippen LogP contribution < -0.4 is 0 Å². The Morgan fingerprint density at radius 1 is 1.00 bits per heavy atom. The number of imide groups is 1. The van der Waals surface area contributed by atoms with E-state index in [1.807, 2.05) is 56.0 Å². The molecule has 2 amide bonds. The van der Waals surface area contributed by atoms with E-state index in [-0.39, 0.29) is 30.3 Å². The first kappa shape index (κ1) is 22.7. The third-order valence-corrected chi connectivity index (χ3v) is 5.17. The van der Waals surface area contributed by atoms with Crippen LogP contribution in [0.3, 0.4) is 0 Å². The fraction of sp³-hybridized carbons (Fsp3) is 0.360. The average Bonchev–Trinajstić information content (AvgIpc) is 3.00. The second kappa shape index (κ2) is 10.4. The molecule has 0 saturated heterocycles. The van der Waals surface area contributed by atoms with Gasteiger partial charge in [0.05, 0.1) is 11.7 Å². The number of carbonyl (C=O) groups excluding carboxylic acids is 2. The van der Waals surface area contributed by atoms with Gasteiger partial charge >= 0.3 is 0 Å². The highest BCUT2D eigenvalue weighted by atomic mass is 19.1. The lowest BCUT2D eigenvalue weighted by atomic mass is 10.0. The Hall–Kier alpha value is -2.99. The smallest absolute Gasteiger partial charge is 0.277 e. The minimum atomic E-state index is -0.387. The van der Waals surface area contributed by atoms with Gasteiger partial charge in [-0.2, -0.15) is 0 Å². The molecule has 0 spiro atoms. The molecule has 1 aliphatic rings. The molecule has 1 heterocycles. The molecule has 2 aromatic carbocycles. The summed E-state index contributed by atoms with van der Waals surface area (Å²) in [7, 11) is 0. The average molecular weight is 425 g/mol. The lowest BCUT2D eigenvalue weighted by Gasteiger charge is -2.25. The minimum Gasteiger partial charge on any atom is -0.379 e. The van der Waals surface area contributed by atoms with Crippen molar-refractivity contribution in [3.63, 3.8) is 0 Å². The molecule has 31 heavy (non-hydrogen) atoms. The van der Waals surface area contributed by atoms with Gasteiger partial charge in [0.2, 0.25) is 0 Å². The Balaban J connectivity index is 1.93. The van der Waals surface area contributed by atoms with Gasteiger partial charge in [0.15, 0.2) is 0 Å². The minimum absolute atomic E-state index is 0.0925. The number of likely N-dealkylation sites (N-methyl/N-ethyl adjacent to an activating group) is 1. The molecule has 0 aromatic heterocycles. The molecule has 0 fully saturated rings. The first-order chi connectivity index (χ1) is 14.9. The Morgan fingerprint density at radius 3 is 2.29 bits per heavy atom. The highest BCUT2D eigenvalue weighted by molar-refractivity contribution is 6.35. The molecular weight excluding hydrogens is 395 g/mol. The number of benzene rings is 2. The summed E-state index contributed by atoms with van der Waals surface area (Å²) in [4.78, 5) is 29.9. The first-order valence-electron chi connectivity index (χ1n) is 10.7. The highest BCUT2D eigenvalue weighted by Crippen LogP contribution is 2.32. The number of hydrogen-bond donors (Lipinski definition) is 0. The SMILES string of the molecule is CCN(Cc1ccccc1)C1=C(c2ccc(F)cc2)C(=O)N(CCCOC(C)C)C1=O. The van der Waals surface area contributed by atoms with E-state index in [1.54, 1.807) is 12.1 Å². The summed E-state index contributed by atoms with van der Waals surface area (Å²) >= 11 is 0. The van der Waals surface area contributed by atoms with Crippen LogP contribution in [0.1, 0.15) is 38.3 Å².